The van der Waals surface area contributed by atoms with E-state index < -0.39 is 67.4 Å². The van der Waals surface area contributed by atoms with Crippen molar-refractivity contribution in [1.29, 1.82) is 0 Å². The van der Waals surface area contributed by atoms with Crippen molar-refractivity contribution < 1.29 is 49.3 Å². The Balaban J connectivity index is 2.85. The maximum atomic E-state index is 13.3. The minimum atomic E-state index is -1.65. The van der Waals surface area contributed by atoms with Gasteiger partial charge in [-0.2, -0.15) is 0 Å². The molecule has 6 N–H and O–H groups in total. The smallest absolute Gasteiger partial charge is 0.306 e. The number of esters is 1. The Hall–Kier alpha value is -3.68. The molecule has 0 aromatic carbocycles. The van der Waals surface area contributed by atoms with E-state index in [1.807, 2.05) is 85.1 Å². The molecule has 1 aliphatic rings. The summed E-state index contributed by atoms with van der Waals surface area (Å²) in [6, 6.07) is -1.06. The van der Waals surface area contributed by atoms with E-state index in [1.165, 1.54) is 89.9 Å². The van der Waals surface area contributed by atoms with Gasteiger partial charge in [0.1, 0.15) is 24.4 Å². The van der Waals surface area contributed by atoms with Crippen LogP contribution in [-0.4, -0.2) is 99.6 Å². The maximum absolute atomic E-state index is 13.3. The van der Waals surface area contributed by atoms with Crippen LogP contribution in [0.2, 0.25) is 0 Å². The second-order valence-electron chi connectivity index (χ2n) is 18.7. The number of amides is 1. The summed E-state index contributed by atoms with van der Waals surface area (Å²) in [7, 11) is 0. The van der Waals surface area contributed by atoms with Crippen LogP contribution in [0.3, 0.4) is 0 Å². The molecule has 0 radical (unpaired) electrons. The third kappa shape index (κ3) is 36.0. The number of unbranched alkanes of at least 4 members (excludes halogenated alkanes) is 19. The van der Waals surface area contributed by atoms with Crippen LogP contribution >= 0.6 is 0 Å². The first-order valence-electron chi connectivity index (χ1n) is 27.7. The van der Waals surface area contributed by atoms with Gasteiger partial charge >= 0.3 is 5.97 Å². The van der Waals surface area contributed by atoms with Crippen LogP contribution in [0, 0.1) is 0 Å². The summed E-state index contributed by atoms with van der Waals surface area (Å²) in [4.78, 5) is 26.4. The molecular formula is C60H99NO10. The van der Waals surface area contributed by atoms with E-state index in [9.17, 15) is 35.1 Å². The number of carbonyl (C=O) groups is 2. The summed E-state index contributed by atoms with van der Waals surface area (Å²) in [5.74, 6) is -1.32. The van der Waals surface area contributed by atoms with Crippen molar-refractivity contribution >= 4 is 11.9 Å². The zero-order valence-corrected chi connectivity index (χ0v) is 44.3. The van der Waals surface area contributed by atoms with E-state index in [-0.39, 0.29) is 19.4 Å². The second kappa shape index (κ2) is 47.3. The lowest BCUT2D eigenvalue weighted by atomic mass is 9.99. The van der Waals surface area contributed by atoms with Gasteiger partial charge in [0.25, 0.3) is 0 Å². The SMILES string of the molecule is CC\C=C/C=C/C=C/C=C\C=C\C=C\CCCCC(O)C(=O)NC(COC1OC(CO)C(O)C(O)C1OC(=O)CC/C=C/C/C=C\CCCCCCCC)C(O)/C=C/CCCCCCCCCCCCC. The second-order valence-corrected chi connectivity index (χ2v) is 18.7. The summed E-state index contributed by atoms with van der Waals surface area (Å²) in [5.41, 5.74) is 0. The Bertz CT molecular complexity index is 1560. The molecule has 1 aliphatic heterocycles. The Morgan fingerprint density at radius 1 is 0.577 bits per heavy atom. The highest BCUT2D eigenvalue weighted by Gasteiger charge is 2.47. The number of aliphatic hydroxyl groups is 5. The maximum Gasteiger partial charge on any atom is 0.306 e. The van der Waals surface area contributed by atoms with Crippen molar-refractivity contribution in [2.24, 2.45) is 0 Å². The Morgan fingerprint density at radius 3 is 1.63 bits per heavy atom. The fraction of sp³-hybridized carbons (Fsp3) is 0.667. The summed E-state index contributed by atoms with van der Waals surface area (Å²) in [6.07, 6.45) is 52.9. The van der Waals surface area contributed by atoms with Gasteiger partial charge in [0.05, 0.1) is 25.4 Å². The molecule has 0 spiro atoms. The number of aliphatic hydroxyl groups excluding tert-OH is 5. The minimum Gasteiger partial charge on any atom is -0.454 e. The molecule has 11 nitrogen and oxygen atoms in total. The lowest BCUT2D eigenvalue weighted by molar-refractivity contribution is -0.305. The average molecular weight is 994 g/mol. The highest BCUT2D eigenvalue weighted by Crippen LogP contribution is 2.26. The molecule has 8 atom stereocenters. The molecule has 0 bridgehead atoms. The van der Waals surface area contributed by atoms with Crippen LogP contribution in [0.5, 0.6) is 0 Å². The number of rotatable bonds is 44. The number of hydrogen-bond acceptors (Lipinski definition) is 10. The summed E-state index contributed by atoms with van der Waals surface area (Å²) < 4.78 is 17.4. The number of hydrogen-bond donors (Lipinski definition) is 6. The summed E-state index contributed by atoms with van der Waals surface area (Å²) in [6.45, 7) is 5.54. The molecule has 1 saturated heterocycles. The number of carbonyl (C=O) groups excluding carboxylic acids is 2. The molecule has 1 rings (SSSR count). The third-order valence-electron chi connectivity index (χ3n) is 12.3. The monoisotopic (exact) mass is 994 g/mol. The zero-order valence-electron chi connectivity index (χ0n) is 44.3. The van der Waals surface area contributed by atoms with Crippen LogP contribution in [0.4, 0.5) is 0 Å². The van der Waals surface area contributed by atoms with Gasteiger partial charge in [-0.05, 0) is 64.2 Å². The zero-order chi connectivity index (χ0) is 51.8. The molecule has 0 aromatic heterocycles. The highest BCUT2D eigenvalue weighted by molar-refractivity contribution is 5.80. The topological polar surface area (TPSA) is 175 Å². The molecule has 8 unspecified atom stereocenters. The van der Waals surface area contributed by atoms with E-state index in [0.29, 0.717) is 12.8 Å². The Labute approximate surface area is 430 Å². The quantitative estimate of drug-likeness (QED) is 0.0149. The van der Waals surface area contributed by atoms with Gasteiger partial charge < -0.3 is 45.1 Å². The van der Waals surface area contributed by atoms with Gasteiger partial charge in [0, 0.05) is 6.42 Å². The van der Waals surface area contributed by atoms with Gasteiger partial charge in [-0.25, -0.2) is 0 Å². The molecule has 1 fully saturated rings. The fourth-order valence-electron chi connectivity index (χ4n) is 7.91. The van der Waals surface area contributed by atoms with E-state index in [0.717, 1.165) is 57.8 Å². The lowest BCUT2D eigenvalue weighted by Gasteiger charge is -2.41. The van der Waals surface area contributed by atoms with Crippen LogP contribution in [0.1, 0.15) is 194 Å². The molecule has 1 heterocycles. The lowest BCUT2D eigenvalue weighted by Crippen LogP contribution is -2.61. The molecule has 71 heavy (non-hydrogen) atoms. The molecule has 0 saturated carbocycles. The van der Waals surface area contributed by atoms with Crippen molar-refractivity contribution in [2.45, 2.75) is 243 Å². The van der Waals surface area contributed by atoms with Gasteiger partial charge in [-0.3, -0.25) is 9.59 Å². The van der Waals surface area contributed by atoms with Crippen molar-refractivity contribution in [1.82, 2.24) is 5.32 Å². The van der Waals surface area contributed by atoms with E-state index in [1.54, 1.807) is 6.08 Å². The third-order valence-corrected chi connectivity index (χ3v) is 12.3. The van der Waals surface area contributed by atoms with Crippen LogP contribution in [0.15, 0.2) is 109 Å². The van der Waals surface area contributed by atoms with Gasteiger partial charge in [-0.15, -0.1) is 0 Å². The number of allylic oxidation sites excluding steroid dienone is 17. The number of ether oxygens (including phenoxy) is 3. The molecule has 0 aliphatic carbocycles. The molecule has 0 aromatic rings. The van der Waals surface area contributed by atoms with Crippen molar-refractivity contribution in [3.05, 3.63) is 109 Å². The minimum absolute atomic E-state index is 0.00582. The summed E-state index contributed by atoms with van der Waals surface area (Å²) in [5, 5.41) is 56.7. The van der Waals surface area contributed by atoms with E-state index >= 15 is 0 Å². The van der Waals surface area contributed by atoms with Gasteiger partial charge in [-0.1, -0.05) is 233 Å². The predicted molar refractivity (Wildman–Crippen MR) is 291 cm³/mol. The normalized spacial score (nSPS) is 20.5. The molecule has 1 amide bonds. The van der Waals surface area contributed by atoms with Crippen molar-refractivity contribution in [3.63, 3.8) is 0 Å². The highest BCUT2D eigenvalue weighted by atomic mass is 16.7. The number of nitrogens with one attached hydrogen (secondary N) is 1. The van der Waals surface area contributed by atoms with Gasteiger partial charge in [0.2, 0.25) is 5.91 Å². The first-order chi connectivity index (χ1) is 34.7. The first-order valence-corrected chi connectivity index (χ1v) is 27.7. The predicted octanol–water partition coefficient (Wildman–Crippen LogP) is 12.2. The van der Waals surface area contributed by atoms with Gasteiger partial charge in [0.15, 0.2) is 12.4 Å². The standard InChI is InChI=1S/C60H99NO10/c1-4-7-10-13-16-19-22-25-26-27-30-32-35-38-41-44-47-53(64)59(68)61-51(52(63)46-43-40-37-34-31-28-23-20-17-14-11-8-5-2)50-69-60-58(57(67)56(66)54(49-62)70-60)71-55(65)48-45-42-39-36-33-29-24-21-18-15-12-9-6-3/h7,10,13,16,19,22,25-27,29-30,32-33,35,39,42-43,46,51-54,56-58,60,62-64,66-67H,4-6,8-9,11-12,14-15,17-18,20-21,23-24,28,31,34,36-38,40-41,44-45,47-50H2,1-3H3,(H,61,68)/b10-7-,16-13+,22-19+,26-25-,30-27+,33-29-,35-32+,42-39+,46-43+. The molecule has 404 valence electrons. The van der Waals surface area contributed by atoms with Crippen LogP contribution in [-0.2, 0) is 23.8 Å². The molecular weight excluding hydrogens is 895 g/mol. The van der Waals surface area contributed by atoms with E-state index in [4.69, 9.17) is 14.2 Å². The average Bonchev–Trinajstić information content (AvgIpc) is 3.37. The Morgan fingerprint density at radius 2 is 1.07 bits per heavy atom. The molecule has 11 heteroatoms. The van der Waals surface area contributed by atoms with Crippen molar-refractivity contribution in [3.8, 4) is 0 Å². The van der Waals surface area contributed by atoms with Crippen LogP contribution in [0.25, 0.3) is 0 Å². The van der Waals surface area contributed by atoms with Crippen LogP contribution < -0.4 is 5.32 Å². The first kappa shape index (κ1) is 65.3. The van der Waals surface area contributed by atoms with E-state index in [2.05, 4.69) is 44.3 Å². The Kier molecular flexibility index (Phi) is 43.6. The fourth-order valence-corrected chi connectivity index (χ4v) is 7.91. The largest absolute Gasteiger partial charge is 0.454 e. The summed E-state index contributed by atoms with van der Waals surface area (Å²) >= 11 is 0. The van der Waals surface area contributed by atoms with Crippen molar-refractivity contribution in [2.75, 3.05) is 13.2 Å².